The summed E-state index contributed by atoms with van der Waals surface area (Å²) in [6.07, 6.45) is 3.28. The molecule has 0 saturated heterocycles. The van der Waals surface area contributed by atoms with E-state index in [0.717, 1.165) is 5.56 Å². The molecule has 0 unspecified atom stereocenters. The lowest BCUT2D eigenvalue weighted by molar-refractivity contribution is 0.393. The number of halogens is 1. The Balaban J connectivity index is 2.07. The van der Waals surface area contributed by atoms with Gasteiger partial charge in [-0.2, -0.15) is 0 Å². The van der Waals surface area contributed by atoms with Crippen LogP contribution in [0.5, 0.6) is 5.88 Å². The Kier molecular flexibility index (Phi) is 3.72. The lowest BCUT2D eigenvalue weighted by Gasteiger charge is -2.08. The van der Waals surface area contributed by atoms with Gasteiger partial charge >= 0.3 is 0 Å². The lowest BCUT2D eigenvalue weighted by atomic mass is 10.2. The monoisotopic (exact) mass is 250 g/mol. The maximum atomic E-state index is 5.69. The molecule has 0 atom stereocenters. The van der Waals surface area contributed by atoms with E-state index in [-0.39, 0.29) is 5.28 Å². The minimum Gasteiger partial charge on any atom is -0.481 e. The van der Waals surface area contributed by atoms with Crippen LogP contribution in [0.1, 0.15) is 5.56 Å². The van der Waals surface area contributed by atoms with E-state index in [0.29, 0.717) is 18.2 Å². The number of anilines is 1. The highest BCUT2D eigenvalue weighted by atomic mass is 35.5. The quantitative estimate of drug-likeness (QED) is 0.843. The minimum absolute atomic E-state index is 0.216. The summed E-state index contributed by atoms with van der Waals surface area (Å²) in [5.41, 5.74) is 0.949. The predicted octanol–water partition coefficient (Wildman–Crippen LogP) is 2.15. The van der Waals surface area contributed by atoms with Gasteiger partial charge in [0.05, 0.1) is 7.11 Å². The molecule has 0 spiro atoms. The van der Waals surface area contributed by atoms with Gasteiger partial charge < -0.3 is 10.1 Å². The van der Waals surface area contributed by atoms with E-state index in [4.69, 9.17) is 16.3 Å². The molecular weight excluding hydrogens is 240 g/mol. The van der Waals surface area contributed by atoms with Crippen molar-refractivity contribution >= 4 is 17.4 Å². The van der Waals surface area contributed by atoms with Gasteiger partial charge in [0.2, 0.25) is 11.2 Å². The van der Waals surface area contributed by atoms with Gasteiger partial charge in [-0.25, -0.2) is 15.0 Å². The highest BCUT2D eigenvalue weighted by Gasteiger charge is 2.03. The van der Waals surface area contributed by atoms with Crippen molar-refractivity contribution in [1.29, 1.82) is 0 Å². The molecule has 6 heteroatoms. The zero-order valence-corrected chi connectivity index (χ0v) is 9.98. The van der Waals surface area contributed by atoms with Gasteiger partial charge in [-0.05, 0) is 23.7 Å². The summed E-state index contributed by atoms with van der Waals surface area (Å²) < 4.78 is 5.15. The fourth-order valence-electron chi connectivity index (χ4n) is 1.36. The number of hydrogen-bond acceptors (Lipinski definition) is 5. The van der Waals surface area contributed by atoms with Gasteiger partial charge in [-0.3, -0.25) is 0 Å². The molecular formula is C11H11ClN4O. The van der Waals surface area contributed by atoms with Crippen LogP contribution in [0.25, 0.3) is 0 Å². The Morgan fingerprint density at radius 2 is 2.18 bits per heavy atom. The van der Waals surface area contributed by atoms with Crippen LogP contribution in [0, 0.1) is 0 Å². The van der Waals surface area contributed by atoms with Gasteiger partial charge in [-0.1, -0.05) is 6.07 Å². The summed E-state index contributed by atoms with van der Waals surface area (Å²) in [6.45, 7) is 0.560. The first kappa shape index (κ1) is 11.6. The number of hydrogen-bond donors (Lipinski definition) is 1. The van der Waals surface area contributed by atoms with Crippen LogP contribution in [-0.2, 0) is 6.54 Å². The van der Waals surface area contributed by atoms with Crippen LogP contribution in [0.15, 0.2) is 30.6 Å². The second-order valence-electron chi connectivity index (χ2n) is 3.24. The van der Waals surface area contributed by atoms with Crippen LogP contribution in [0.2, 0.25) is 5.28 Å². The van der Waals surface area contributed by atoms with Crippen LogP contribution < -0.4 is 10.1 Å². The van der Waals surface area contributed by atoms with Gasteiger partial charge in [0, 0.05) is 24.5 Å². The van der Waals surface area contributed by atoms with E-state index in [1.54, 1.807) is 25.6 Å². The molecule has 2 aromatic heterocycles. The topological polar surface area (TPSA) is 59.9 Å². The standard InChI is InChI=1S/C11H11ClN4O/c1-17-10-8(3-2-5-13-10)7-15-9-4-6-14-11(12)16-9/h2-6H,7H2,1H3,(H,14,15,16). The maximum absolute atomic E-state index is 5.69. The zero-order valence-electron chi connectivity index (χ0n) is 9.22. The summed E-state index contributed by atoms with van der Waals surface area (Å²) in [5.74, 6) is 1.26. The molecule has 2 aromatic rings. The number of methoxy groups -OCH3 is 1. The van der Waals surface area contributed by atoms with Crippen molar-refractivity contribution in [1.82, 2.24) is 15.0 Å². The highest BCUT2D eigenvalue weighted by Crippen LogP contribution is 2.15. The molecule has 0 radical (unpaired) electrons. The molecule has 0 aliphatic carbocycles. The smallest absolute Gasteiger partial charge is 0.224 e. The van der Waals surface area contributed by atoms with Crippen molar-refractivity contribution < 1.29 is 4.74 Å². The third-order valence-corrected chi connectivity index (χ3v) is 2.31. The Labute approximate surface area is 104 Å². The summed E-state index contributed by atoms with van der Waals surface area (Å²) in [7, 11) is 1.59. The van der Waals surface area contributed by atoms with Crippen molar-refractivity contribution in [3.63, 3.8) is 0 Å². The molecule has 0 saturated carbocycles. The average molecular weight is 251 g/mol. The van der Waals surface area contributed by atoms with Gasteiger partial charge in [0.25, 0.3) is 0 Å². The Bertz CT molecular complexity index is 506. The second-order valence-corrected chi connectivity index (χ2v) is 3.57. The van der Waals surface area contributed by atoms with E-state index in [2.05, 4.69) is 20.3 Å². The first-order valence-corrected chi connectivity index (χ1v) is 5.37. The molecule has 0 fully saturated rings. The van der Waals surface area contributed by atoms with Crippen molar-refractivity contribution in [2.24, 2.45) is 0 Å². The Morgan fingerprint density at radius 1 is 1.29 bits per heavy atom. The predicted molar refractivity (Wildman–Crippen MR) is 65.2 cm³/mol. The summed E-state index contributed by atoms with van der Waals surface area (Å²) in [5, 5.41) is 3.34. The van der Waals surface area contributed by atoms with Crippen LogP contribution in [-0.4, -0.2) is 22.1 Å². The van der Waals surface area contributed by atoms with Gasteiger partial charge in [-0.15, -0.1) is 0 Å². The molecule has 5 nitrogen and oxygen atoms in total. The van der Waals surface area contributed by atoms with E-state index in [9.17, 15) is 0 Å². The molecule has 2 heterocycles. The van der Waals surface area contributed by atoms with Crippen LogP contribution >= 0.6 is 11.6 Å². The fourth-order valence-corrected chi connectivity index (χ4v) is 1.51. The van der Waals surface area contributed by atoms with Crippen molar-refractivity contribution in [2.45, 2.75) is 6.54 Å². The first-order chi connectivity index (χ1) is 8.29. The molecule has 1 N–H and O–H groups in total. The van der Waals surface area contributed by atoms with Crippen molar-refractivity contribution in [3.05, 3.63) is 41.4 Å². The molecule has 0 bridgehead atoms. The van der Waals surface area contributed by atoms with E-state index in [1.807, 2.05) is 12.1 Å². The maximum Gasteiger partial charge on any atom is 0.224 e. The Hall–Kier alpha value is -1.88. The molecule has 0 amide bonds. The molecule has 88 valence electrons. The number of ether oxygens (including phenoxy) is 1. The number of rotatable bonds is 4. The zero-order chi connectivity index (χ0) is 12.1. The van der Waals surface area contributed by atoms with Crippen LogP contribution in [0.3, 0.4) is 0 Å². The number of aromatic nitrogens is 3. The largest absolute Gasteiger partial charge is 0.481 e. The third-order valence-electron chi connectivity index (χ3n) is 2.13. The average Bonchev–Trinajstić information content (AvgIpc) is 2.37. The molecule has 2 rings (SSSR count). The van der Waals surface area contributed by atoms with E-state index in [1.165, 1.54) is 0 Å². The van der Waals surface area contributed by atoms with Crippen molar-refractivity contribution in [2.75, 3.05) is 12.4 Å². The van der Waals surface area contributed by atoms with Gasteiger partial charge in [0.1, 0.15) is 5.82 Å². The molecule has 0 aliphatic heterocycles. The first-order valence-electron chi connectivity index (χ1n) is 5.00. The van der Waals surface area contributed by atoms with Crippen LogP contribution in [0.4, 0.5) is 5.82 Å². The summed E-state index contributed by atoms with van der Waals surface area (Å²) >= 11 is 5.69. The third kappa shape index (κ3) is 3.04. The molecule has 0 aromatic carbocycles. The number of nitrogens with one attached hydrogen (secondary N) is 1. The normalized spacial score (nSPS) is 10.0. The van der Waals surface area contributed by atoms with E-state index >= 15 is 0 Å². The molecule has 0 aliphatic rings. The lowest BCUT2D eigenvalue weighted by Crippen LogP contribution is -2.04. The van der Waals surface area contributed by atoms with E-state index < -0.39 is 0 Å². The number of pyridine rings is 1. The molecule has 17 heavy (non-hydrogen) atoms. The van der Waals surface area contributed by atoms with Crippen molar-refractivity contribution in [3.8, 4) is 5.88 Å². The fraction of sp³-hybridized carbons (Fsp3) is 0.182. The Morgan fingerprint density at radius 3 is 2.94 bits per heavy atom. The second kappa shape index (κ2) is 5.45. The SMILES string of the molecule is COc1ncccc1CNc1ccnc(Cl)n1. The summed E-state index contributed by atoms with van der Waals surface area (Å²) in [6, 6.07) is 5.53. The van der Waals surface area contributed by atoms with Gasteiger partial charge in [0.15, 0.2) is 0 Å². The minimum atomic E-state index is 0.216. The summed E-state index contributed by atoms with van der Waals surface area (Å²) in [4.78, 5) is 11.9. The number of nitrogens with zero attached hydrogens (tertiary/aromatic N) is 3. The highest BCUT2D eigenvalue weighted by molar-refractivity contribution is 6.28.